The van der Waals surface area contributed by atoms with Gasteiger partial charge in [-0.1, -0.05) is 24.3 Å². The van der Waals surface area contributed by atoms with Gasteiger partial charge in [0.1, 0.15) is 0 Å². The van der Waals surface area contributed by atoms with Crippen molar-refractivity contribution in [2.75, 3.05) is 0 Å². The van der Waals surface area contributed by atoms with Crippen molar-refractivity contribution in [1.29, 1.82) is 0 Å². The number of aromatic amines is 1. The van der Waals surface area contributed by atoms with E-state index >= 15 is 0 Å². The van der Waals surface area contributed by atoms with Gasteiger partial charge in [-0.25, -0.2) is 0 Å². The van der Waals surface area contributed by atoms with Gasteiger partial charge in [-0.05, 0) is 71.8 Å². The summed E-state index contributed by atoms with van der Waals surface area (Å²) in [4.78, 5) is 4.19. The highest BCUT2D eigenvalue weighted by Crippen LogP contribution is 2.33. The predicted octanol–water partition coefficient (Wildman–Crippen LogP) is 5.22. The van der Waals surface area contributed by atoms with Crippen molar-refractivity contribution in [1.82, 2.24) is 15.2 Å². The first-order valence-electron chi connectivity index (χ1n) is 8.09. The molecule has 0 spiro atoms. The maximum absolute atomic E-state index is 4.20. The van der Waals surface area contributed by atoms with E-state index in [9.17, 15) is 0 Å². The maximum Gasteiger partial charge on any atom is 0.0659 e. The monoisotopic (exact) mass is 313 g/mol. The zero-order valence-corrected chi connectivity index (χ0v) is 14.1. The van der Waals surface area contributed by atoms with Crippen molar-refractivity contribution in [2.45, 2.75) is 20.8 Å². The van der Waals surface area contributed by atoms with Gasteiger partial charge < -0.3 is 0 Å². The van der Waals surface area contributed by atoms with Crippen LogP contribution in [0.2, 0.25) is 0 Å². The van der Waals surface area contributed by atoms with Gasteiger partial charge in [0, 0.05) is 17.8 Å². The highest BCUT2D eigenvalue weighted by molar-refractivity contribution is 5.95. The van der Waals surface area contributed by atoms with Gasteiger partial charge in [-0.15, -0.1) is 0 Å². The Morgan fingerprint density at radius 1 is 0.792 bits per heavy atom. The first-order valence-corrected chi connectivity index (χ1v) is 8.09. The first-order chi connectivity index (χ1) is 11.6. The fourth-order valence-electron chi connectivity index (χ4n) is 3.34. The molecule has 0 aliphatic heterocycles. The minimum Gasteiger partial charge on any atom is -0.278 e. The van der Waals surface area contributed by atoms with Crippen molar-refractivity contribution in [3.05, 3.63) is 71.7 Å². The minimum absolute atomic E-state index is 1.08. The number of nitrogens with one attached hydrogen (secondary N) is 1. The third-order valence-corrected chi connectivity index (χ3v) is 4.55. The summed E-state index contributed by atoms with van der Waals surface area (Å²) in [6.07, 6.45) is 5.67. The van der Waals surface area contributed by atoms with Crippen LogP contribution in [0.3, 0.4) is 0 Å². The molecule has 2 aromatic heterocycles. The fourth-order valence-corrected chi connectivity index (χ4v) is 3.34. The summed E-state index contributed by atoms with van der Waals surface area (Å²) in [6.45, 7) is 6.39. The van der Waals surface area contributed by atoms with E-state index in [1.807, 2.05) is 18.6 Å². The summed E-state index contributed by atoms with van der Waals surface area (Å²) in [5.41, 5.74) is 9.71. The molecule has 1 N–H and O–H groups in total. The fraction of sp³-hybridized carbons (Fsp3) is 0.143. The van der Waals surface area contributed by atoms with E-state index in [1.165, 1.54) is 38.9 Å². The quantitative estimate of drug-likeness (QED) is 0.551. The molecule has 0 saturated heterocycles. The Bertz CT molecular complexity index is 1040. The third-order valence-electron chi connectivity index (χ3n) is 4.55. The number of fused-ring (bicyclic) bond motifs is 1. The predicted molar refractivity (Wildman–Crippen MR) is 99.0 cm³/mol. The molecule has 0 amide bonds. The molecule has 0 aliphatic carbocycles. The highest BCUT2D eigenvalue weighted by Gasteiger charge is 2.10. The smallest absolute Gasteiger partial charge is 0.0659 e. The van der Waals surface area contributed by atoms with Crippen LogP contribution in [0.1, 0.15) is 16.7 Å². The van der Waals surface area contributed by atoms with E-state index in [0.29, 0.717) is 0 Å². The molecule has 0 saturated carbocycles. The number of H-pyrrole nitrogens is 1. The van der Waals surface area contributed by atoms with Crippen LogP contribution in [-0.2, 0) is 0 Å². The van der Waals surface area contributed by atoms with Gasteiger partial charge in [0.2, 0.25) is 0 Å². The van der Waals surface area contributed by atoms with Crippen molar-refractivity contribution in [2.24, 2.45) is 0 Å². The van der Waals surface area contributed by atoms with Crippen LogP contribution in [0, 0.1) is 20.8 Å². The van der Waals surface area contributed by atoms with Crippen LogP contribution < -0.4 is 0 Å². The first kappa shape index (κ1) is 14.6. The summed E-state index contributed by atoms with van der Waals surface area (Å²) < 4.78 is 0. The molecule has 2 heterocycles. The molecule has 3 nitrogen and oxygen atoms in total. The van der Waals surface area contributed by atoms with E-state index in [-0.39, 0.29) is 0 Å². The zero-order valence-electron chi connectivity index (χ0n) is 14.1. The number of benzene rings is 2. The third kappa shape index (κ3) is 2.38. The molecule has 0 radical (unpaired) electrons. The van der Waals surface area contributed by atoms with E-state index in [1.54, 1.807) is 0 Å². The SMILES string of the molecule is Cc1cc(-c2ccc(-c3ccncc3C)c(C)c2)c2cn[nH]c2c1. The molecule has 118 valence electrons. The summed E-state index contributed by atoms with van der Waals surface area (Å²) in [6, 6.07) is 13.1. The average molecular weight is 313 g/mol. The van der Waals surface area contributed by atoms with E-state index in [4.69, 9.17) is 0 Å². The zero-order chi connectivity index (χ0) is 16.7. The standard InChI is InChI=1S/C21H19N3/c1-13-8-19(20-12-23-24-21(20)9-13)16-4-5-17(14(2)10-16)18-6-7-22-11-15(18)3/h4-12H,1-3H3,(H,23,24). The second-order valence-corrected chi connectivity index (χ2v) is 6.36. The lowest BCUT2D eigenvalue weighted by molar-refractivity contribution is 1.12. The normalized spacial score (nSPS) is 11.1. The molecule has 0 aliphatic rings. The van der Waals surface area contributed by atoms with E-state index in [0.717, 1.165) is 10.9 Å². The number of aryl methyl sites for hydroxylation is 3. The number of aromatic nitrogens is 3. The maximum atomic E-state index is 4.20. The molecule has 4 aromatic rings. The van der Waals surface area contributed by atoms with Crippen molar-refractivity contribution < 1.29 is 0 Å². The summed E-state index contributed by atoms with van der Waals surface area (Å²) in [5.74, 6) is 0. The van der Waals surface area contributed by atoms with Crippen molar-refractivity contribution >= 4 is 10.9 Å². The van der Waals surface area contributed by atoms with Crippen LogP contribution in [-0.4, -0.2) is 15.2 Å². The summed E-state index contributed by atoms with van der Waals surface area (Å²) >= 11 is 0. The van der Waals surface area contributed by atoms with Crippen LogP contribution in [0.5, 0.6) is 0 Å². The number of pyridine rings is 1. The largest absolute Gasteiger partial charge is 0.278 e. The van der Waals surface area contributed by atoms with Crippen LogP contribution in [0.25, 0.3) is 33.2 Å². The Labute approximate surface area is 141 Å². The molecule has 4 rings (SSSR count). The Hall–Kier alpha value is -2.94. The molecule has 2 aromatic carbocycles. The average Bonchev–Trinajstić information content (AvgIpc) is 3.03. The van der Waals surface area contributed by atoms with Gasteiger partial charge >= 0.3 is 0 Å². The highest BCUT2D eigenvalue weighted by atomic mass is 15.1. The molecule has 0 fully saturated rings. The van der Waals surface area contributed by atoms with E-state index in [2.05, 4.69) is 72.4 Å². The van der Waals surface area contributed by atoms with Gasteiger partial charge in [0.25, 0.3) is 0 Å². The lowest BCUT2D eigenvalue weighted by Gasteiger charge is -2.12. The van der Waals surface area contributed by atoms with Crippen molar-refractivity contribution in [3.8, 4) is 22.3 Å². The number of hydrogen-bond donors (Lipinski definition) is 1. The lowest BCUT2D eigenvalue weighted by Crippen LogP contribution is -1.90. The molecule has 24 heavy (non-hydrogen) atoms. The van der Waals surface area contributed by atoms with Crippen LogP contribution in [0.15, 0.2) is 55.0 Å². The molecular formula is C21H19N3. The second kappa shape index (κ2) is 5.60. The molecular weight excluding hydrogens is 294 g/mol. The van der Waals surface area contributed by atoms with E-state index < -0.39 is 0 Å². The number of hydrogen-bond acceptors (Lipinski definition) is 2. The topological polar surface area (TPSA) is 41.6 Å². The number of nitrogens with zero attached hydrogens (tertiary/aromatic N) is 2. The van der Waals surface area contributed by atoms with Crippen LogP contribution >= 0.6 is 0 Å². The Morgan fingerprint density at radius 2 is 1.62 bits per heavy atom. The Morgan fingerprint density at radius 3 is 2.42 bits per heavy atom. The molecule has 0 atom stereocenters. The van der Waals surface area contributed by atoms with Crippen molar-refractivity contribution in [3.63, 3.8) is 0 Å². The molecule has 3 heteroatoms. The Kier molecular flexibility index (Phi) is 3.42. The second-order valence-electron chi connectivity index (χ2n) is 6.36. The van der Waals surface area contributed by atoms with Crippen LogP contribution in [0.4, 0.5) is 0 Å². The molecule has 0 unspecified atom stereocenters. The molecule has 0 bridgehead atoms. The van der Waals surface area contributed by atoms with Gasteiger partial charge in [0.05, 0.1) is 11.7 Å². The minimum atomic E-state index is 1.08. The lowest BCUT2D eigenvalue weighted by atomic mass is 9.93. The Balaban J connectivity index is 1.88. The summed E-state index contributed by atoms with van der Waals surface area (Å²) in [7, 11) is 0. The van der Waals surface area contributed by atoms with Gasteiger partial charge in [-0.3, -0.25) is 10.1 Å². The van der Waals surface area contributed by atoms with Gasteiger partial charge in [-0.2, -0.15) is 5.10 Å². The van der Waals surface area contributed by atoms with Gasteiger partial charge in [0.15, 0.2) is 0 Å². The summed E-state index contributed by atoms with van der Waals surface area (Å²) in [5, 5.41) is 8.43. The number of rotatable bonds is 2.